The van der Waals surface area contributed by atoms with Crippen molar-refractivity contribution in [3.05, 3.63) is 22.7 Å². The zero-order valence-corrected chi connectivity index (χ0v) is 11.8. The molecule has 1 aliphatic rings. The van der Waals surface area contributed by atoms with E-state index in [2.05, 4.69) is 20.7 Å². The predicted octanol–water partition coefficient (Wildman–Crippen LogP) is 4.92. The molecular weight excluding hydrogens is 325 g/mol. The normalized spacial score (nSPS) is 16.6. The van der Waals surface area contributed by atoms with Gasteiger partial charge in [0.15, 0.2) is 0 Å². The van der Waals surface area contributed by atoms with E-state index in [1.807, 2.05) is 0 Å². The maximum Gasteiger partial charge on any atom is 0.573 e. The van der Waals surface area contributed by atoms with E-state index in [9.17, 15) is 13.2 Å². The molecule has 1 aromatic rings. The molecule has 1 saturated carbocycles. The van der Waals surface area contributed by atoms with Gasteiger partial charge in [-0.3, -0.25) is 0 Å². The van der Waals surface area contributed by atoms with Crippen LogP contribution in [0, 0.1) is 5.92 Å². The Hall–Kier alpha value is -0.910. The van der Waals surface area contributed by atoms with E-state index in [4.69, 9.17) is 4.74 Å². The van der Waals surface area contributed by atoms with Gasteiger partial charge in [0.05, 0.1) is 11.1 Å². The second-order valence-corrected chi connectivity index (χ2v) is 5.46. The minimum atomic E-state index is -4.68. The van der Waals surface area contributed by atoms with Gasteiger partial charge in [-0.05, 0) is 46.8 Å². The zero-order chi connectivity index (χ0) is 13.9. The molecule has 0 amide bonds. The van der Waals surface area contributed by atoms with Crippen molar-refractivity contribution in [2.75, 3.05) is 6.61 Å². The van der Waals surface area contributed by atoms with Crippen molar-refractivity contribution >= 4 is 15.9 Å². The Kier molecular flexibility index (Phi) is 4.60. The average molecular weight is 339 g/mol. The van der Waals surface area contributed by atoms with E-state index in [0.29, 0.717) is 22.7 Å². The first-order chi connectivity index (χ1) is 8.94. The molecule has 19 heavy (non-hydrogen) atoms. The first kappa shape index (κ1) is 14.5. The van der Waals surface area contributed by atoms with Crippen molar-refractivity contribution in [1.29, 1.82) is 0 Å². The number of hydrogen-bond acceptors (Lipinski definition) is 2. The lowest BCUT2D eigenvalue weighted by Crippen LogP contribution is -2.17. The molecule has 0 bridgehead atoms. The zero-order valence-electron chi connectivity index (χ0n) is 10.2. The molecule has 0 heterocycles. The summed E-state index contributed by atoms with van der Waals surface area (Å²) in [5.41, 5.74) is 0. The summed E-state index contributed by atoms with van der Waals surface area (Å²) in [5.74, 6) is 0.616. The highest BCUT2D eigenvalue weighted by molar-refractivity contribution is 9.10. The van der Waals surface area contributed by atoms with Gasteiger partial charge in [0.25, 0.3) is 0 Å². The number of halogens is 4. The lowest BCUT2D eigenvalue weighted by molar-refractivity contribution is -0.274. The quantitative estimate of drug-likeness (QED) is 0.775. The van der Waals surface area contributed by atoms with Crippen molar-refractivity contribution < 1.29 is 22.6 Å². The first-order valence-electron chi connectivity index (χ1n) is 6.12. The summed E-state index contributed by atoms with van der Waals surface area (Å²) in [6.45, 7) is 0.536. The maximum atomic E-state index is 12.1. The van der Waals surface area contributed by atoms with E-state index in [1.54, 1.807) is 0 Å². The minimum absolute atomic E-state index is 0.267. The van der Waals surface area contributed by atoms with Crippen LogP contribution in [0.25, 0.3) is 0 Å². The van der Waals surface area contributed by atoms with Crippen LogP contribution in [0.5, 0.6) is 11.5 Å². The Morgan fingerprint density at radius 1 is 1.21 bits per heavy atom. The van der Waals surface area contributed by atoms with E-state index in [1.165, 1.54) is 31.0 Å². The lowest BCUT2D eigenvalue weighted by Gasteiger charge is -2.14. The summed E-state index contributed by atoms with van der Waals surface area (Å²) in [4.78, 5) is 0. The molecule has 6 heteroatoms. The molecule has 0 atom stereocenters. The topological polar surface area (TPSA) is 18.5 Å². The number of hydrogen-bond donors (Lipinski definition) is 0. The Morgan fingerprint density at radius 2 is 1.89 bits per heavy atom. The third-order valence-corrected chi connectivity index (χ3v) is 3.74. The van der Waals surface area contributed by atoms with Crippen LogP contribution in [0.15, 0.2) is 22.7 Å². The summed E-state index contributed by atoms with van der Waals surface area (Å²) >= 11 is 3.26. The standard InChI is InChI=1S/C13H14BrF3O2/c14-11-6-5-10(19-13(15,16)17)7-12(11)18-8-9-3-1-2-4-9/h5-7,9H,1-4,8H2. The summed E-state index contributed by atoms with van der Waals surface area (Å²) in [5, 5.41) is 0. The van der Waals surface area contributed by atoms with Crippen LogP contribution in [0.1, 0.15) is 25.7 Å². The summed E-state index contributed by atoms with van der Waals surface area (Å²) < 4.78 is 46.5. The van der Waals surface area contributed by atoms with Crippen LogP contribution < -0.4 is 9.47 Å². The monoisotopic (exact) mass is 338 g/mol. The molecule has 0 aliphatic heterocycles. The van der Waals surface area contributed by atoms with Crippen molar-refractivity contribution in [1.82, 2.24) is 0 Å². The molecule has 0 aromatic heterocycles. The molecule has 0 radical (unpaired) electrons. The Balaban J connectivity index is 2.00. The van der Waals surface area contributed by atoms with Gasteiger partial charge in [0, 0.05) is 6.07 Å². The van der Waals surface area contributed by atoms with Crippen molar-refractivity contribution in [2.45, 2.75) is 32.0 Å². The third kappa shape index (κ3) is 4.60. The Bertz CT molecular complexity index is 428. The molecule has 0 spiro atoms. The van der Waals surface area contributed by atoms with E-state index >= 15 is 0 Å². The second-order valence-electron chi connectivity index (χ2n) is 4.60. The van der Waals surface area contributed by atoms with Gasteiger partial charge < -0.3 is 9.47 Å². The second kappa shape index (κ2) is 6.03. The van der Waals surface area contributed by atoms with E-state index < -0.39 is 6.36 Å². The number of benzene rings is 1. The fourth-order valence-corrected chi connectivity index (χ4v) is 2.54. The summed E-state index contributed by atoms with van der Waals surface area (Å²) in [6.07, 6.45) is -0.0396. The van der Waals surface area contributed by atoms with Crippen LogP contribution >= 0.6 is 15.9 Å². The lowest BCUT2D eigenvalue weighted by atomic mass is 10.1. The highest BCUT2D eigenvalue weighted by Crippen LogP contribution is 2.33. The van der Waals surface area contributed by atoms with Gasteiger partial charge in [0.2, 0.25) is 0 Å². The summed E-state index contributed by atoms with van der Waals surface area (Å²) in [7, 11) is 0. The Labute approximate surface area is 118 Å². The van der Waals surface area contributed by atoms with Crippen LogP contribution in [0.4, 0.5) is 13.2 Å². The highest BCUT2D eigenvalue weighted by atomic mass is 79.9. The van der Waals surface area contributed by atoms with Gasteiger partial charge in [-0.15, -0.1) is 13.2 Å². The van der Waals surface area contributed by atoms with Gasteiger partial charge in [-0.25, -0.2) is 0 Å². The molecule has 1 aromatic carbocycles. The Morgan fingerprint density at radius 3 is 2.53 bits per heavy atom. The maximum absolute atomic E-state index is 12.1. The van der Waals surface area contributed by atoms with Crippen molar-refractivity contribution in [2.24, 2.45) is 5.92 Å². The molecular formula is C13H14BrF3O2. The average Bonchev–Trinajstić information content (AvgIpc) is 2.81. The molecule has 1 aliphatic carbocycles. The fraction of sp³-hybridized carbons (Fsp3) is 0.538. The third-order valence-electron chi connectivity index (χ3n) is 3.09. The van der Waals surface area contributed by atoms with Gasteiger partial charge in [0.1, 0.15) is 11.5 Å². The molecule has 106 valence electrons. The summed E-state index contributed by atoms with van der Waals surface area (Å²) in [6, 6.07) is 4.00. The van der Waals surface area contributed by atoms with Crippen LogP contribution in [-0.2, 0) is 0 Å². The van der Waals surface area contributed by atoms with Gasteiger partial charge >= 0.3 is 6.36 Å². The van der Waals surface area contributed by atoms with Crippen LogP contribution in [0.2, 0.25) is 0 Å². The number of rotatable bonds is 4. The molecule has 0 saturated heterocycles. The molecule has 2 rings (SSSR count). The number of alkyl halides is 3. The van der Waals surface area contributed by atoms with Crippen molar-refractivity contribution in [3.8, 4) is 11.5 Å². The first-order valence-corrected chi connectivity index (χ1v) is 6.91. The van der Waals surface area contributed by atoms with Crippen LogP contribution in [0.3, 0.4) is 0 Å². The minimum Gasteiger partial charge on any atom is -0.492 e. The number of ether oxygens (including phenoxy) is 2. The van der Waals surface area contributed by atoms with E-state index in [0.717, 1.165) is 12.8 Å². The fourth-order valence-electron chi connectivity index (χ4n) is 2.18. The molecule has 0 unspecified atom stereocenters. The highest BCUT2D eigenvalue weighted by Gasteiger charge is 2.31. The SMILES string of the molecule is FC(F)(F)Oc1ccc(Br)c(OCC2CCCC2)c1. The van der Waals surface area contributed by atoms with E-state index in [-0.39, 0.29) is 5.75 Å². The molecule has 0 N–H and O–H groups in total. The van der Waals surface area contributed by atoms with Gasteiger partial charge in [-0.1, -0.05) is 12.8 Å². The van der Waals surface area contributed by atoms with Crippen LogP contribution in [-0.4, -0.2) is 13.0 Å². The molecule has 2 nitrogen and oxygen atoms in total. The predicted molar refractivity (Wildman–Crippen MR) is 68.3 cm³/mol. The molecule has 1 fully saturated rings. The van der Waals surface area contributed by atoms with Gasteiger partial charge in [-0.2, -0.15) is 0 Å². The largest absolute Gasteiger partial charge is 0.573 e. The smallest absolute Gasteiger partial charge is 0.492 e. The van der Waals surface area contributed by atoms with Crippen molar-refractivity contribution in [3.63, 3.8) is 0 Å².